The highest BCUT2D eigenvalue weighted by atomic mass is 32.2. The minimum atomic E-state index is -3.45. The van der Waals surface area contributed by atoms with Gasteiger partial charge in [0.1, 0.15) is 0 Å². The van der Waals surface area contributed by atoms with E-state index in [9.17, 15) is 8.42 Å². The fourth-order valence-corrected chi connectivity index (χ4v) is 2.20. The van der Waals surface area contributed by atoms with Crippen LogP contribution in [0.4, 0.5) is 0 Å². The van der Waals surface area contributed by atoms with E-state index in [0.29, 0.717) is 12.5 Å². The summed E-state index contributed by atoms with van der Waals surface area (Å²) in [5.74, 6) is 0.449. The van der Waals surface area contributed by atoms with Gasteiger partial charge in [0, 0.05) is 19.8 Å². The number of sulfonamides is 1. The number of nitrogens with one attached hydrogen (secondary N) is 1. The Hall–Kier alpha value is -0.640. The fraction of sp³-hybridized carbons (Fsp3) is 0.889. The highest BCUT2D eigenvalue weighted by Crippen LogP contribution is 2.15. The molecular weight excluding hydrogens is 216 g/mol. The molecule has 1 rings (SSSR count). The van der Waals surface area contributed by atoms with Crippen molar-refractivity contribution in [3.8, 4) is 6.07 Å². The van der Waals surface area contributed by atoms with E-state index in [0.717, 1.165) is 26.1 Å². The summed E-state index contributed by atoms with van der Waals surface area (Å²) >= 11 is 0. The Morgan fingerprint density at radius 3 is 2.93 bits per heavy atom. The van der Waals surface area contributed by atoms with Gasteiger partial charge in [-0.15, -0.1) is 0 Å². The van der Waals surface area contributed by atoms with Crippen LogP contribution < -0.4 is 4.72 Å². The summed E-state index contributed by atoms with van der Waals surface area (Å²) in [5, 5.41) is 7.50. The molecule has 0 aromatic rings. The van der Waals surface area contributed by atoms with Crippen LogP contribution in [0.15, 0.2) is 0 Å². The lowest BCUT2D eigenvalue weighted by molar-refractivity contribution is 0.184. The maximum atomic E-state index is 11.4. The molecule has 2 unspecified atom stereocenters. The van der Waals surface area contributed by atoms with Crippen molar-refractivity contribution >= 4 is 10.0 Å². The molecule has 0 amide bonds. The van der Waals surface area contributed by atoms with Crippen LogP contribution in [0, 0.1) is 17.2 Å². The van der Waals surface area contributed by atoms with Gasteiger partial charge in [0.15, 0.2) is 5.25 Å². The number of nitriles is 1. The number of ether oxygens (including phenoxy) is 1. The minimum absolute atomic E-state index is 0.391. The number of nitrogens with zero attached hydrogens (tertiary/aromatic N) is 1. The van der Waals surface area contributed by atoms with Crippen LogP contribution in [-0.4, -0.2) is 33.4 Å². The molecule has 5 nitrogen and oxygen atoms in total. The smallest absolute Gasteiger partial charge is 0.227 e. The third-order valence-electron chi connectivity index (χ3n) is 2.53. The third-order valence-corrected chi connectivity index (χ3v) is 4.17. The molecule has 0 saturated carbocycles. The largest absolute Gasteiger partial charge is 0.381 e. The molecule has 0 aromatic carbocycles. The Labute approximate surface area is 90.5 Å². The summed E-state index contributed by atoms with van der Waals surface area (Å²) in [4.78, 5) is 0. The van der Waals surface area contributed by atoms with E-state index in [-0.39, 0.29) is 0 Å². The maximum Gasteiger partial charge on any atom is 0.227 e. The van der Waals surface area contributed by atoms with Crippen LogP contribution in [0.2, 0.25) is 0 Å². The normalized spacial score (nSPS) is 23.6. The van der Waals surface area contributed by atoms with Gasteiger partial charge in [-0.2, -0.15) is 5.26 Å². The Balaban J connectivity index is 2.27. The highest BCUT2D eigenvalue weighted by molar-refractivity contribution is 7.90. The van der Waals surface area contributed by atoms with E-state index >= 15 is 0 Å². The first-order valence-electron chi connectivity index (χ1n) is 5.02. The van der Waals surface area contributed by atoms with Crippen molar-refractivity contribution in [2.75, 3.05) is 19.8 Å². The van der Waals surface area contributed by atoms with Crippen LogP contribution in [0.3, 0.4) is 0 Å². The number of rotatable bonds is 5. The van der Waals surface area contributed by atoms with Gasteiger partial charge in [-0.1, -0.05) is 0 Å². The van der Waals surface area contributed by atoms with E-state index in [1.54, 1.807) is 6.07 Å². The predicted molar refractivity (Wildman–Crippen MR) is 55.5 cm³/mol. The molecule has 1 N–H and O–H groups in total. The zero-order valence-electron chi connectivity index (χ0n) is 8.77. The molecule has 15 heavy (non-hydrogen) atoms. The van der Waals surface area contributed by atoms with E-state index < -0.39 is 15.3 Å². The summed E-state index contributed by atoms with van der Waals surface area (Å²) in [6.45, 7) is 3.25. The number of hydrogen-bond acceptors (Lipinski definition) is 4. The molecule has 0 bridgehead atoms. The van der Waals surface area contributed by atoms with E-state index in [4.69, 9.17) is 10.00 Å². The van der Waals surface area contributed by atoms with Gasteiger partial charge < -0.3 is 4.74 Å². The van der Waals surface area contributed by atoms with Crippen molar-refractivity contribution in [1.29, 1.82) is 5.26 Å². The first kappa shape index (κ1) is 12.4. The summed E-state index contributed by atoms with van der Waals surface area (Å²) in [7, 11) is -3.45. The van der Waals surface area contributed by atoms with Crippen LogP contribution in [0.5, 0.6) is 0 Å². The average molecular weight is 232 g/mol. The van der Waals surface area contributed by atoms with Crippen molar-refractivity contribution in [2.45, 2.75) is 25.0 Å². The molecule has 86 valence electrons. The standard InChI is InChI=1S/C9H16N2O3S/c1-8(6-10)15(12,13)11-4-2-9-3-5-14-7-9/h8-9,11H,2-5,7H2,1H3. The van der Waals surface area contributed by atoms with Gasteiger partial charge in [-0.3, -0.25) is 0 Å². The van der Waals surface area contributed by atoms with Gasteiger partial charge in [0.25, 0.3) is 0 Å². The quantitative estimate of drug-likeness (QED) is 0.736. The molecular formula is C9H16N2O3S. The zero-order chi connectivity index (χ0) is 11.3. The Morgan fingerprint density at radius 2 is 2.40 bits per heavy atom. The van der Waals surface area contributed by atoms with Crippen molar-refractivity contribution in [3.05, 3.63) is 0 Å². The van der Waals surface area contributed by atoms with Gasteiger partial charge in [-0.05, 0) is 25.7 Å². The lowest BCUT2D eigenvalue weighted by atomic mass is 10.1. The molecule has 1 fully saturated rings. The van der Waals surface area contributed by atoms with Crippen molar-refractivity contribution in [2.24, 2.45) is 5.92 Å². The van der Waals surface area contributed by atoms with Crippen molar-refractivity contribution in [3.63, 3.8) is 0 Å². The second-order valence-corrected chi connectivity index (χ2v) is 5.81. The lowest BCUT2D eigenvalue weighted by Crippen LogP contribution is -2.33. The first-order chi connectivity index (χ1) is 7.06. The van der Waals surface area contributed by atoms with Crippen LogP contribution in [0.25, 0.3) is 0 Å². The van der Waals surface area contributed by atoms with Crippen molar-refractivity contribution in [1.82, 2.24) is 4.72 Å². The fourth-order valence-electron chi connectivity index (χ4n) is 1.41. The van der Waals surface area contributed by atoms with Crippen LogP contribution >= 0.6 is 0 Å². The van der Waals surface area contributed by atoms with Crippen LogP contribution in [0.1, 0.15) is 19.8 Å². The Bertz CT molecular complexity index is 328. The molecule has 0 aliphatic carbocycles. The third kappa shape index (κ3) is 3.78. The lowest BCUT2D eigenvalue weighted by Gasteiger charge is -2.10. The molecule has 0 aromatic heterocycles. The average Bonchev–Trinajstić information content (AvgIpc) is 2.69. The molecule has 0 radical (unpaired) electrons. The Morgan fingerprint density at radius 1 is 1.67 bits per heavy atom. The molecule has 1 saturated heterocycles. The summed E-state index contributed by atoms with van der Waals surface area (Å²) < 4.78 is 30.4. The summed E-state index contributed by atoms with van der Waals surface area (Å²) in [6.07, 6.45) is 1.77. The minimum Gasteiger partial charge on any atom is -0.381 e. The molecule has 1 aliphatic heterocycles. The van der Waals surface area contributed by atoms with E-state index in [1.165, 1.54) is 6.92 Å². The highest BCUT2D eigenvalue weighted by Gasteiger charge is 2.21. The summed E-state index contributed by atoms with van der Waals surface area (Å²) in [6, 6.07) is 1.71. The molecule has 2 atom stereocenters. The van der Waals surface area contributed by atoms with Gasteiger partial charge >= 0.3 is 0 Å². The SMILES string of the molecule is CC(C#N)S(=O)(=O)NCCC1CCOC1. The van der Waals surface area contributed by atoms with Crippen molar-refractivity contribution < 1.29 is 13.2 Å². The van der Waals surface area contributed by atoms with Gasteiger partial charge in [0.05, 0.1) is 6.07 Å². The maximum absolute atomic E-state index is 11.4. The van der Waals surface area contributed by atoms with E-state index in [2.05, 4.69) is 4.72 Å². The van der Waals surface area contributed by atoms with Crippen LogP contribution in [-0.2, 0) is 14.8 Å². The predicted octanol–water partition coefficient (Wildman–Crippen LogP) is 0.244. The first-order valence-corrected chi connectivity index (χ1v) is 6.56. The topological polar surface area (TPSA) is 79.2 Å². The number of hydrogen-bond donors (Lipinski definition) is 1. The van der Waals surface area contributed by atoms with Gasteiger partial charge in [0.2, 0.25) is 10.0 Å². The monoisotopic (exact) mass is 232 g/mol. The second-order valence-electron chi connectivity index (χ2n) is 3.73. The van der Waals surface area contributed by atoms with Gasteiger partial charge in [-0.25, -0.2) is 13.1 Å². The molecule has 6 heteroatoms. The zero-order valence-corrected chi connectivity index (χ0v) is 9.59. The molecule has 1 heterocycles. The molecule has 0 spiro atoms. The Kier molecular flexibility index (Phi) is 4.51. The van der Waals surface area contributed by atoms with E-state index in [1.807, 2.05) is 0 Å². The summed E-state index contributed by atoms with van der Waals surface area (Å²) in [5.41, 5.74) is 0. The second kappa shape index (κ2) is 5.45. The molecule has 1 aliphatic rings.